The van der Waals surface area contributed by atoms with Gasteiger partial charge in [-0.15, -0.1) is 0 Å². The minimum absolute atomic E-state index is 0.696. The predicted octanol–water partition coefficient (Wildman–Crippen LogP) is 2.87. The number of carboxylic acid groups (broad SMARTS) is 1. The Balaban J connectivity index is 3.12. The zero-order chi connectivity index (χ0) is 10.0. The van der Waals surface area contributed by atoms with E-state index < -0.39 is 6.09 Å². The Kier molecular flexibility index (Phi) is 2.93. The highest BCUT2D eigenvalue weighted by molar-refractivity contribution is 9.10. The molecule has 0 saturated carbocycles. The first-order valence-electron chi connectivity index (χ1n) is 3.75. The lowest BCUT2D eigenvalue weighted by Crippen LogP contribution is -2.24. The highest BCUT2D eigenvalue weighted by Crippen LogP contribution is 2.23. The first kappa shape index (κ1) is 10.1. The fraction of sp³-hybridized carbons (Fsp3) is 0.222. The molecule has 70 valence electrons. The lowest BCUT2D eigenvalue weighted by molar-refractivity contribution is 0.203. The third-order valence-corrected chi connectivity index (χ3v) is 2.31. The fourth-order valence-electron chi connectivity index (χ4n) is 1.05. The zero-order valence-electron chi connectivity index (χ0n) is 7.41. The van der Waals surface area contributed by atoms with E-state index in [1.807, 2.05) is 19.1 Å². The fourth-order valence-corrected chi connectivity index (χ4v) is 1.40. The molecule has 0 aliphatic rings. The maximum Gasteiger partial charge on any atom is 0.411 e. The number of carbonyl (C=O) groups is 1. The van der Waals surface area contributed by atoms with Crippen LogP contribution in [0.15, 0.2) is 22.7 Å². The molecule has 0 atom stereocenters. The van der Waals surface area contributed by atoms with Gasteiger partial charge in [0, 0.05) is 11.5 Å². The molecule has 1 aromatic carbocycles. The van der Waals surface area contributed by atoms with Crippen molar-refractivity contribution in [2.45, 2.75) is 6.92 Å². The number of amides is 1. The molecule has 1 N–H and O–H groups in total. The second-order valence-electron chi connectivity index (χ2n) is 2.77. The Morgan fingerprint density at radius 3 is 2.69 bits per heavy atom. The van der Waals surface area contributed by atoms with Crippen LogP contribution in [0.4, 0.5) is 10.5 Å². The molecule has 0 spiro atoms. The van der Waals surface area contributed by atoms with Gasteiger partial charge in [0.05, 0.1) is 5.69 Å². The molecule has 1 amide bonds. The van der Waals surface area contributed by atoms with E-state index in [0.29, 0.717) is 5.69 Å². The number of anilines is 1. The van der Waals surface area contributed by atoms with E-state index in [-0.39, 0.29) is 0 Å². The smallest absolute Gasteiger partial charge is 0.411 e. The van der Waals surface area contributed by atoms with Crippen molar-refractivity contribution in [1.29, 1.82) is 0 Å². The number of nitrogens with zero attached hydrogens (tertiary/aromatic N) is 1. The summed E-state index contributed by atoms with van der Waals surface area (Å²) < 4.78 is 0.876. The molecule has 0 heterocycles. The maximum absolute atomic E-state index is 10.7. The third-order valence-electron chi connectivity index (χ3n) is 1.82. The topological polar surface area (TPSA) is 40.5 Å². The van der Waals surface area contributed by atoms with Gasteiger partial charge in [-0.1, -0.05) is 22.0 Å². The van der Waals surface area contributed by atoms with Crippen molar-refractivity contribution in [2.24, 2.45) is 0 Å². The van der Waals surface area contributed by atoms with Crippen molar-refractivity contribution < 1.29 is 9.90 Å². The number of rotatable bonds is 1. The van der Waals surface area contributed by atoms with Crippen molar-refractivity contribution in [3.63, 3.8) is 0 Å². The number of hydrogen-bond acceptors (Lipinski definition) is 1. The summed E-state index contributed by atoms with van der Waals surface area (Å²) in [6.07, 6.45) is -0.957. The lowest BCUT2D eigenvalue weighted by Gasteiger charge is -2.15. The predicted molar refractivity (Wildman–Crippen MR) is 55.3 cm³/mol. The van der Waals surface area contributed by atoms with Crippen LogP contribution in [0.5, 0.6) is 0 Å². The molecule has 0 aliphatic heterocycles. The molecule has 4 heteroatoms. The molecular formula is C9H10BrNO2. The number of benzene rings is 1. The van der Waals surface area contributed by atoms with Crippen LogP contribution in [-0.4, -0.2) is 18.2 Å². The normalized spacial score (nSPS) is 9.77. The molecule has 1 rings (SSSR count). The number of hydrogen-bond donors (Lipinski definition) is 1. The molecule has 0 aliphatic carbocycles. The quantitative estimate of drug-likeness (QED) is 0.825. The molecule has 1 aromatic rings. The number of halogens is 1. The van der Waals surface area contributed by atoms with E-state index >= 15 is 0 Å². The summed E-state index contributed by atoms with van der Waals surface area (Å²) in [5.74, 6) is 0. The van der Waals surface area contributed by atoms with Crippen LogP contribution in [-0.2, 0) is 0 Å². The average molecular weight is 244 g/mol. The molecule has 0 aromatic heterocycles. The highest BCUT2D eigenvalue weighted by atomic mass is 79.9. The van der Waals surface area contributed by atoms with E-state index in [1.54, 1.807) is 6.07 Å². The van der Waals surface area contributed by atoms with Crippen molar-refractivity contribution in [2.75, 3.05) is 11.9 Å². The summed E-state index contributed by atoms with van der Waals surface area (Å²) in [6.45, 7) is 1.88. The van der Waals surface area contributed by atoms with E-state index in [1.165, 1.54) is 11.9 Å². The Labute approximate surface area is 85.1 Å². The maximum atomic E-state index is 10.7. The van der Waals surface area contributed by atoms with E-state index in [9.17, 15) is 4.79 Å². The highest BCUT2D eigenvalue weighted by Gasteiger charge is 2.10. The summed E-state index contributed by atoms with van der Waals surface area (Å²) >= 11 is 3.29. The van der Waals surface area contributed by atoms with Crippen LogP contribution < -0.4 is 4.90 Å². The monoisotopic (exact) mass is 243 g/mol. The molecule has 0 radical (unpaired) electrons. The molecular weight excluding hydrogens is 234 g/mol. The second-order valence-corrected chi connectivity index (χ2v) is 3.69. The van der Waals surface area contributed by atoms with Crippen LogP contribution in [0.3, 0.4) is 0 Å². The Hall–Kier alpha value is -1.03. The number of aryl methyl sites for hydroxylation is 1. The lowest BCUT2D eigenvalue weighted by atomic mass is 10.2. The molecule has 3 nitrogen and oxygen atoms in total. The third kappa shape index (κ3) is 2.21. The molecule has 0 unspecified atom stereocenters. The van der Waals surface area contributed by atoms with Crippen molar-refractivity contribution in [3.8, 4) is 0 Å². The van der Waals surface area contributed by atoms with Gasteiger partial charge in [-0.25, -0.2) is 4.79 Å². The van der Waals surface area contributed by atoms with E-state index in [4.69, 9.17) is 5.11 Å². The van der Waals surface area contributed by atoms with Gasteiger partial charge in [0.15, 0.2) is 0 Å². The van der Waals surface area contributed by atoms with E-state index in [2.05, 4.69) is 15.9 Å². The summed E-state index contributed by atoms with van der Waals surface area (Å²) in [5.41, 5.74) is 1.63. The molecule has 13 heavy (non-hydrogen) atoms. The summed E-state index contributed by atoms with van der Waals surface area (Å²) in [5, 5.41) is 8.76. The first-order chi connectivity index (χ1) is 6.02. The second kappa shape index (κ2) is 3.79. The van der Waals surface area contributed by atoms with E-state index in [0.717, 1.165) is 10.0 Å². The van der Waals surface area contributed by atoms with Gasteiger partial charge >= 0.3 is 6.09 Å². The minimum Gasteiger partial charge on any atom is -0.465 e. The molecule has 0 saturated heterocycles. The van der Waals surface area contributed by atoms with Crippen molar-refractivity contribution >= 4 is 27.7 Å². The van der Waals surface area contributed by atoms with Gasteiger partial charge in [-0.05, 0) is 24.6 Å². The zero-order valence-corrected chi connectivity index (χ0v) is 9.00. The molecule has 0 bridgehead atoms. The van der Waals surface area contributed by atoms with Crippen LogP contribution in [0.2, 0.25) is 0 Å². The van der Waals surface area contributed by atoms with Crippen molar-refractivity contribution in [3.05, 3.63) is 28.2 Å². The van der Waals surface area contributed by atoms with Crippen LogP contribution >= 0.6 is 15.9 Å². The van der Waals surface area contributed by atoms with Crippen LogP contribution in [0.25, 0.3) is 0 Å². The Morgan fingerprint density at radius 1 is 1.54 bits per heavy atom. The van der Waals surface area contributed by atoms with Gasteiger partial charge < -0.3 is 5.11 Å². The standard InChI is InChI=1S/C9H10BrNO2/c1-6-3-4-7(10)5-8(6)11(2)9(12)13/h3-5H,1-2H3,(H,12,13). The van der Waals surface area contributed by atoms with Gasteiger partial charge in [-0.3, -0.25) is 4.90 Å². The van der Waals surface area contributed by atoms with Gasteiger partial charge in [0.25, 0.3) is 0 Å². The first-order valence-corrected chi connectivity index (χ1v) is 4.54. The Bertz CT molecular complexity index is 338. The minimum atomic E-state index is -0.957. The Morgan fingerprint density at radius 2 is 2.15 bits per heavy atom. The van der Waals surface area contributed by atoms with Gasteiger partial charge in [0.1, 0.15) is 0 Å². The summed E-state index contributed by atoms with van der Waals surface area (Å²) in [6, 6.07) is 5.54. The SMILES string of the molecule is Cc1ccc(Br)cc1N(C)C(=O)O. The van der Waals surface area contributed by atoms with Crippen molar-refractivity contribution in [1.82, 2.24) is 0 Å². The van der Waals surface area contributed by atoms with Crippen LogP contribution in [0, 0.1) is 6.92 Å². The van der Waals surface area contributed by atoms with Gasteiger partial charge in [-0.2, -0.15) is 0 Å². The summed E-state index contributed by atoms with van der Waals surface area (Å²) in [4.78, 5) is 11.9. The summed E-state index contributed by atoms with van der Waals surface area (Å²) in [7, 11) is 1.52. The largest absolute Gasteiger partial charge is 0.465 e. The average Bonchev–Trinajstić information content (AvgIpc) is 2.08. The van der Waals surface area contributed by atoms with Gasteiger partial charge in [0.2, 0.25) is 0 Å². The van der Waals surface area contributed by atoms with Crippen LogP contribution in [0.1, 0.15) is 5.56 Å². The molecule has 0 fully saturated rings.